The van der Waals surface area contributed by atoms with Gasteiger partial charge < -0.3 is 5.32 Å². The third-order valence-corrected chi connectivity index (χ3v) is 4.15. The average molecular weight is 240 g/mol. The predicted octanol–water partition coefficient (Wildman–Crippen LogP) is 0.847. The number of sulfonamides is 1. The Morgan fingerprint density at radius 1 is 1.31 bits per heavy atom. The highest BCUT2D eigenvalue weighted by Crippen LogP contribution is 2.23. The number of benzene rings is 1. The fourth-order valence-electron chi connectivity index (χ4n) is 1.59. The molecule has 0 atom stereocenters. The minimum atomic E-state index is -3.34. The summed E-state index contributed by atoms with van der Waals surface area (Å²) in [7, 11) is -1.54. The standard InChI is InChI=1S/C11H16N2O2S/c1-12-8-9-4-2-3-5-11(9)16(14,15)13-10-6-7-10/h2-5,10,12-13H,6-8H2,1H3. The van der Waals surface area contributed by atoms with E-state index >= 15 is 0 Å². The molecule has 0 radical (unpaired) electrons. The molecule has 0 aromatic heterocycles. The van der Waals surface area contributed by atoms with Gasteiger partial charge in [-0.2, -0.15) is 0 Å². The molecule has 5 heteroatoms. The van der Waals surface area contributed by atoms with Crippen LogP contribution in [-0.4, -0.2) is 21.5 Å². The lowest BCUT2D eigenvalue weighted by Gasteiger charge is -2.10. The van der Waals surface area contributed by atoms with Gasteiger partial charge in [0.15, 0.2) is 0 Å². The summed E-state index contributed by atoms with van der Waals surface area (Å²) in [4.78, 5) is 0.385. The quantitative estimate of drug-likeness (QED) is 0.802. The monoisotopic (exact) mass is 240 g/mol. The Kier molecular flexibility index (Phi) is 3.28. The van der Waals surface area contributed by atoms with Crippen LogP contribution in [0.3, 0.4) is 0 Å². The van der Waals surface area contributed by atoms with Crippen molar-refractivity contribution in [2.75, 3.05) is 7.05 Å². The van der Waals surface area contributed by atoms with Crippen molar-refractivity contribution in [2.45, 2.75) is 30.3 Å². The molecule has 1 aromatic carbocycles. The van der Waals surface area contributed by atoms with E-state index in [2.05, 4.69) is 10.0 Å². The van der Waals surface area contributed by atoms with E-state index in [4.69, 9.17) is 0 Å². The molecule has 1 fully saturated rings. The van der Waals surface area contributed by atoms with Crippen molar-refractivity contribution in [1.82, 2.24) is 10.0 Å². The van der Waals surface area contributed by atoms with Crippen molar-refractivity contribution >= 4 is 10.0 Å². The van der Waals surface area contributed by atoms with E-state index in [0.29, 0.717) is 11.4 Å². The maximum Gasteiger partial charge on any atom is 0.241 e. The zero-order valence-electron chi connectivity index (χ0n) is 9.23. The maximum absolute atomic E-state index is 12.0. The summed E-state index contributed by atoms with van der Waals surface area (Å²) < 4.78 is 26.8. The normalized spacial score (nSPS) is 16.3. The molecule has 0 saturated heterocycles. The second-order valence-electron chi connectivity index (χ2n) is 4.03. The molecule has 1 aromatic rings. The molecule has 88 valence electrons. The third kappa shape index (κ3) is 2.61. The van der Waals surface area contributed by atoms with Crippen LogP contribution in [0.1, 0.15) is 18.4 Å². The fraction of sp³-hybridized carbons (Fsp3) is 0.455. The number of hydrogen-bond acceptors (Lipinski definition) is 3. The van der Waals surface area contributed by atoms with Gasteiger partial charge in [-0.1, -0.05) is 18.2 Å². The molecule has 0 bridgehead atoms. The first-order valence-electron chi connectivity index (χ1n) is 5.38. The molecule has 2 N–H and O–H groups in total. The minimum Gasteiger partial charge on any atom is -0.316 e. The molecule has 1 saturated carbocycles. The SMILES string of the molecule is CNCc1ccccc1S(=O)(=O)NC1CC1. The van der Waals surface area contributed by atoms with Crippen LogP contribution in [0.4, 0.5) is 0 Å². The summed E-state index contributed by atoms with van der Waals surface area (Å²) in [5, 5.41) is 2.97. The van der Waals surface area contributed by atoms with E-state index in [9.17, 15) is 8.42 Å². The maximum atomic E-state index is 12.0. The first-order valence-corrected chi connectivity index (χ1v) is 6.86. The van der Waals surface area contributed by atoms with Gasteiger partial charge in [0, 0.05) is 12.6 Å². The second-order valence-corrected chi connectivity index (χ2v) is 5.72. The van der Waals surface area contributed by atoms with Gasteiger partial charge >= 0.3 is 0 Å². The molecule has 16 heavy (non-hydrogen) atoms. The number of hydrogen-bond donors (Lipinski definition) is 2. The molecule has 1 aliphatic rings. The lowest BCUT2D eigenvalue weighted by molar-refractivity contribution is 0.579. The Labute approximate surface area is 96.1 Å². The Morgan fingerprint density at radius 3 is 2.62 bits per heavy atom. The summed E-state index contributed by atoms with van der Waals surface area (Å²) in [6.45, 7) is 0.557. The fourth-order valence-corrected chi connectivity index (χ4v) is 3.13. The molecule has 0 heterocycles. The van der Waals surface area contributed by atoms with Crippen molar-refractivity contribution in [3.05, 3.63) is 29.8 Å². The van der Waals surface area contributed by atoms with Gasteiger partial charge in [-0.25, -0.2) is 13.1 Å². The first kappa shape index (κ1) is 11.6. The number of rotatable bonds is 5. The highest BCUT2D eigenvalue weighted by molar-refractivity contribution is 7.89. The van der Waals surface area contributed by atoms with E-state index < -0.39 is 10.0 Å². The van der Waals surface area contributed by atoms with Crippen molar-refractivity contribution in [3.63, 3.8) is 0 Å². The molecule has 0 spiro atoms. The molecule has 0 unspecified atom stereocenters. The van der Waals surface area contributed by atoms with Crippen LogP contribution in [0.15, 0.2) is 29.2 Å². The molecule has 2 rings (SSSR count). The molecular weight excluding hydrogens is 224 g/mol. The van der Waals surface area contributed by atoms with Crippen molar-refractivity contribution < 1.29 is 8.42 Å². The van der Waals surface area contributed by atoms with Crippen LogP contribution in [0.25, 0.3) is 0 Å². The van der Waals surface area contributed by atoms with Crippen LogP contribution in [-0.2, 0) is 16.6 Å². The van der Waals surface area contributed by atoms with Crippen LogP contribution >= 0.6 is 0 Å². The van der Waals surface area contributed by atoms with E-state index in [1.54, 1.807) is 19.2 Å². The molecular formula is C11H16N2O2S. The van der Waals surface area contributed by atoms with Gasteiger partial charge in [0.05, 0.1) is 4.90 Å². The van der Waals surface area contributed by atoms with E-state index in [0.717, 1.165) is 18.4 Å². The van der Waals surface area contributed by atoms with Crippen LogP contribution in [0.5, 0.6) is 0 Å². The molecule has 1 aliphatic carbocycles. The third-order valence-electron chi connectivity index (χ3n) is 2.53. The highest BCUT2D eigenvalue weighted by Gasteiger charge is 2.28. The second kappa shape index (κ2) is 4.53. The Balaban J connectivity index is 2.30. The van der Waals surface area contributed by atoms with Crippen LogP contribution in [0, 0.1) is 0 Å². The van der Waals surface area contributed by atoms with Gasteiger partial charge in [0.1, 0.15) is 0 Å². The van der Waals surface area contributed by atoms with Crippen molar-refractivity contribution in [1.29, 1.82) is 0 Å². The summed E-state index contributed by atoms with van der Waals surface area (Å²) in [6.07, 6.45) is 1.90. The summed E-state index contributed by atoms with van der Waals surface area (Å²) in [5.41, 5.74) is 0.804. The predicted molar refractivity (Wildman–Crippen MR) is 62.5 cm³/mol. The summed E-state index contributed by atoms with van der Waals surface area (Å²) in [6, 6.07) is 7.23. The summed E-state index contributed by atoms with van der Waals surface area (Å²) in [5.74, 6) is 0. The smallest absolute Gasteiger partial charge is 0.241 e. The van der Waals surface area contributed by atoms with Gasteiger partial charge in [0.2, 0.25) is 10.0 Å². The van der Waals surface area contributed by atoms with Crippen LogP contribution in [0.2, 0.25) is 0 Å². The topological polar surface area (TPSA) is 58.2 Å². The largest absolute Gasteiger partial charge is 0.316 e. The van der Waals surface area contributed by atoms with Crippen molar-refractivity contribution in [3.8, 4) is 0 Å². The number of nitrogens with one attached hydrogen (secondary N) is 2. The van der Waals surface area contributed by atoms with Gasteiger partial charge in [-0.3, -0.25) is 0 Å². The molecule has 0 aliphatic heterocycles. The lowest BCUT2D eigenvalue weighted by atomic mass is 10.2. The zero-order chi connectivity index (χ0) is 11.6. The van der Waals surface area contributed by atoms with E-state index in [-0.39, 0.29) is 6.04 Å². The minimum absolute atomic E-state index is 0.146. The molecule has 4 nitrogen and oxygen atoms in total. The van der Waals surface area contributed by atoms with Gasteiger partial charge in [-0.05, 0) is 31.5 Å². The van der Waals surface area contributed by atoms with E-state index in [1.165, 1.54) is 0 Å². The van der Waals surface area contributed by atoms with E-state index in [1.807, 2.05) is 12.1 Å². The lowest BCUT2D eigenvalue weighted by Crippen LogP contribution is -2.27. The average Bonchev–Trinajstić information content (AvgIpc) is 3.02. The summed E-state index contributed by atoms with van der Waals surface area (Å²) >= 11 is 0. The highest BCUT2D eigenvalue weighted by atomic mass is 32.2. The molecule has 0 amide bonds. The first-order chi connectivity index (χ1) is 7.63. The Morgan fingerprint density at radius 2 is 2.00 bits per heavy atom. The van der Waals surface area contributed by atoms with Gasteiger partial charge in [0.25, 0.3) is 0 Å². The zero-order valence-corrected chi connectivity index (χ0v) is 10.0. The van der Waals surface area contributed by atoms with Crippen LogP contribution < -0.4 is 10.0 Å². The Hall–Kier alpha value is -0.910. The van der Waals surface area contributed by atoms with Gasteiger partial charge in [-0.15, -0.1) is 0 Å². The Bertz CT molecular complexity index is 467. The van der Waals surface area contributed by atoms with Crippen molar-refractivity contribution in [2.24, 2.45) is 0 Å².